The molecule has 3 N–H and O–H groups in total. The Bertz CT molecular complexity index is 2050. The van der Waals surface area contributed by atoms with Crippen LogP contribution in [0.3, 0.4) is 0 Å². The zero-order valence-corrected chi connectivity index (χ0v) is 40.1. The lowest BCUT2D eigenvalue weighted by Gasteiger charge is -2.37. The van der Waals surface area contributed by atoms with Crippen molar-refractivity contribution >= 4 is 5.97 Å². The van der Waals surface area contributed by atoms with Crippen LogP contribution in [-0.4, -0.2) is 47.4 Å². The molecule has 336 valence electrons. The SMILES string of the molecule is Cc1cc(C2CC3CC2C2C(c4cc(C)cc(C(C)(C)C)c4O)CCC32)c(O)c(C(C)(C)C)c1.Cc1cc(CCC(=O)OCC(C)(C)C2OCCCO2)cc(C(C)(C)C)c1O. The van der Waals surface area contributed by atoms with Gasteiger partial charge in [-0.25, -0.2) is 0 Å². The van der Waals surface area contributed by atoms with Crippen molar-refractivity contribution in [3.63, 3.8) is 0 Å². The molecule has 6 unspecified atom stereocenters. The maximum absolute atomic E-state index is 12.2. The molecule has 4 aliphatic rings. The van der Waals surface area contributed by atoms with Crippen LogP contribution in [0.2, 0.25) is 0 Å². The summed E-state index contributed by atoms with van der Waals surface area (Å²) in [7, 11) is 0. The highest BCUT2D eigenvalue weighted by atomic mass is 16.7. The normalized spacial score (nSPS) is 24.4. The average molecular weight is 839 g/mol. The molecule has 3 aromatic carbocycles. The summed E-state index contributed by atoms with van der Waals surface area (Å²) in [4.78, 5) is 12.2. The summed E-state index contributed by atoms with van der Waals surface area (Å²) in [6.07, 6.45) is 6.41. The highest BCUT2D eigenvalue weighted by Crippen LogP contribution is 2.68. The largest absolute Gasteiger partial charge is 0.507 e. The molecule has 7 rings (SSSR count). The first kappa shape index (κ1) is 46.9. The van der Waals surface area contributed by atoms with Gasteiger partial charge in [0.05, 0.1) is 13.2 Å². The van der Waals surface area contributed by atoms with Gasteiger partial charge in [0, 0.05) is 11.8 Å². The number of benzene rings is 3. The van der Waals surface area contributed by atoms with E-state index in [4.69, 9.17) is 14.2 Å². The number of aryl methyl sites for hydroxylation is 4. The fourth-order valence-electron chi connectivity index (χ4n) is 11.3. The molecule has 7 heteroatoms. The standard InChI is InChI=1S/C32H44O2.C22H34O5/c1-17-11-24(29(33)26(13-17)31(3,4)5)21-10-9-20-19-15-22(23(16-19)28(20)21)25-12-18(2)14-27(30(25)34)32(6,7)8;1-15-12-16(13-17(19(15)24)21(2,3)4)8-9-18(23)27-14-22(5,6)20-25-10-7-11-26-20/h11-14,19-23,28,33-34H,9-10,15-16H2,1-8H3;12-13,20,24H,7-11,14H2,1-6H3. The van der Waals surface area contributed by atoms with Crippen molar-refractivity contribution in [2.75, 3.05) is 19.8 Å². The Morgan fingerprint density at radius 2 is 1.18 bits per heavy atom. The van der Waals surface area contributed by atoms with E-state index in [0.29, 0.717) is 67.0 Å². The number of carbonyl (C=O) groups excluding carboxylic acids is 1. The van der Waals surface area contributed by atoms with Gasteiger partial charge in [-0.3, -0.25) is 4.79 Å². The van der Waals surface area contributed by atoms with Crippen LogP contribution in [0.4, 0.5) is 0 Å². The minimum absolute atomic E-state index is 0.0718. The summed E-state index contributed by atoms with van der Waals surface area (Å²) in [5.74, 6) is 4.79. The van der Waals surface area contributed by atoms with Crippen LogP contribution in [0.1, 0.15) is 177 Å². The van der Waals surface area contributed by atoms with E-state index in [9.17, 15) is 20.1 Å². The summed E-state index contributed by atoms with van der Waals surface area (Å²) in [6, 6.07) is 12.8. The highest BCUT2D eigenvalue weighted by Gasteiger charge is 2.58. The van der Waals surface area contributed by atoms with Crippen molar-refractivity contribution in [1.82, 2.24) is 0 Å². The van der Waals surface area contributed by atoms with Crippen LogP contribution < -0.4 is 0 Å². The van der Waals surface area contributed by atoms with E-state index in [-0.39, 0.29) is 40.5 Å². The smallest absolute Gasteiger partial charge is 0.306 e. The summed E-state index contributed by atoms with van der Waals surface area (Å²) < 4.78 is 16.8. The topological polar surface area (TPSA) is 105 Å². The van der Waals surface area contributed by atoms with E-state index in [1.54, 1.807) is 0 Å². The van der Waals surface area contributed by atoms with Crippen LogP contribution in [0, 0.1) is 49.9 Å². The van der Waals surface area contributed by atoms with Crippen LogP contribution in [0.15, 0.2) is 36.4 Å². The summed E-state index contributed by atoms with van der Waals surface area (Å²) in [6.45, 7) is 31.2. The van der Waals surface area contributed by atoms with Crippen molar-refractivity contribution < 1.29 is 34.3 Å². The Kier molecular flexibility index (Phi) is 13.5. The number of ether oxygens (including phenoxy) is 3. The lowest BCUT2D eigenvalue weighted by atomic mass is 9.68. The third-order valence-electron chi connectivity index (χ3n) is 14.4. The molecule has 0 spiro atoms. The van der Waals surface area contributed by atoms with Crippen LogP contribution in [0.25, 0.3) is 0 Å². The maximum atomic E-state index is 12.2. The molecule has 3 saturated carbocycles. The Balaban J connectivity index is 0.000000210. The lowest BCUT2D eigenvalue weighted by Crippen LogP contribution is -2.41. The van der Waals surface area contributed by atoms with Gasteiger partial charge in [-0.2, -0.15) is 0 Å². The van der Waals surface area contributed by atoms with Gasteiger partial charge < -0.3 is 29.5 Å². The first-order valence-electron chi connectivity index (χ1n) is 23.2. The Labute approximate surface area is 368 Å². The number of hydrogen-bond acceptors (Lipinski definition) is 7. The van der Waals surface area contributed by atoms with Crippen LogP contribution in [-0.2, 0) is 41.7 Å². The second-order valence-corrected chi connectivity index (χ2v) is 23.1. The molecule has 3 aromatic rings. The Hall–Kier alpha value is -3.55. The molecule has 1 heterocycles. The Morgan fingerprint density at radius 1 is 0.656 bits per heavy atom. The van der Waals surface area contributed by atoms with E-state index in [2.05, 4.69) is 100 Å². The lowest BCUT2D eigenvalue weighted by molar-refractivity contribution is -0.237. The van der Waals surface area contributed by atoms with Gasteiger partial charge in [0.25, 0.3) is 0 Å². The number of hydrogen-bond donors (Lipinski definition) is 3. The number of carbonyl (C=O) groups is 1. The fraction of sp³-hybridized carbons (Fsp3) is 0.648. The molecule has 3 aliphatic carbocycles. The Morgan fingerprint density at radius 3 is 1.72 bits per heavy atom. The maximum Gasteiger partial charge on any atom is 0.306 e. The van der Waals surface area contributed by atoms with Crippen LogP contribution >= 0.6 is 0 Å². The van der Waals surface area contributed by atoms with Gasteiger partial charge in [-0.1, -0.05) is 124 Å². The van der Waals surface area contributed by atoms with E-state index >= 15 is 0 Å². The molecule has 1 saturated heterocycles. The molecular formula is C54H78O7. The van der Waals surface area contributed by atoms with Gasteiger partial charge in [0.1, 0.15) is 23.9 Å². The molecule has 0 amide bonds. The highest BCUT2D eigenvalue weighted by molar-refractivity contribution is 5.70. The average Bonchev–Trinajstić information content (AvgIpc) is 3.89. The summed E-state index contributed by atoms with van der Waals surface area (Å²) in [5, 5.41) is 33.2. The minimum Gasteiger partial charge on any atom is -0.507 e. The molecule has 6 atom stereocenters. The number of phenolic OH excluding ortho intramolecular Hbond substituents is 3. The quantitative estimate of drug-likeness (QED) is 0.194. The molecular weight excluding hydrogens is 761 g/mol. The van der Waals surface area contributed by atoms with Gasteiger partial charge in [-0.15, -0.1) is 0 Å². The second-order valence-electron chi connectivity index (χ2n) is 23.1. The number of rotatable bonds is 8. The molecule has 61 heavy (non-hydrogen) atoms. The first-order valence-corrected chi connectivity index (χ1v) is 23.2. The predicted molar refractivity (Wildman–Crippen MR) is 246 cm³/mol. The van der Waals surface area contributed by atoms with E-state index in [1.807, 2.05) is 32.9 Å². The van der Waals surface area contributed by atoms with Crippen molar-refractivity contribution in [1.29, 1.82) is 0 Å². The number of aromatic hydroxyl groups is 3. The number of phenols is 3. The van der Waals surface area contributed by atoms with Crippen molar-refractivity contribution in [2.24, 2.45) is 29.1 Å². The molecule has 0 radical (unpaired) electrons. The zero-order chi connectivity index (χ0) is 45.0. The molecule has 1 aliphatic heterocycles. The minimum atomic E-state index is -0.384. The molecule has 4 fully saturated rings. The first-order chi connectivity index (χ1) is 28.3. The summed E-state index contributed by atoms with van der Waals surface area (Å²) in [5.41, 5.74) is 9.13. The van der Waals surface area contributed by atoms with Crippen LogP contribution in [0.5, 0.6) is 17.2 Å². The van der Waals surface area contributed by atoms with E-state index < -0.39 is 0 Å². The van der Waals surface area contributed by atoms with Gasteiger partial charge in [0.15, 0.2) is 6.29 Å². The number of esters is 1. The van der Waals surface area contributed by atoms with Crippen molar-refractivity contribution in [3.8, 4) is 17.2 Å². The third kappa shape index (κ3) is 10.1. The van der Waals surface area contributed by atoms with Gasteiger partial charge in [0.2, 0.25) is 0 Å². The second kappa shape index (κ2) is 17.5. The summed E-state index contributed by atoms with van der Waals surface area (Å²) >= 11 is 0. The predicted octanol–water partition coefficient (Wildman–Crippen LogP) is 12.5. The zero-order valence-electron chi connectivity index (χ0n) is 40.1. The fourth-order valence-corrected chi connectivity index (χ4v) is 11.3. The van der Waals surface area contributed by atoms with E-state index in [1.165, 1.54) is 47.9 Å². The molecule has 0 aromatic heterocycles. The third-order valence-corrected chi connectivity index (χ3v) is 14.4. The van der Waals surface area contributed by atoms with Crippen molar-refractivity contribution in [3.05, 3.63) is 86.5 Å². The van der Waals surface area contributed by atoms with Gasteiger partial charge >= 0.3 is 5.97 Å². The van der Waals surface area contributed by atoms with E-state index in [0.717, 1.165) is 46.1 Å². The number of fused-ring (bicyclic) bond motifs is 5. The monoisotopic (exact) mass is 839 g/mol. The van der Waals surface area contributed by atoms with Crippen molar-refractivity contribution in [2.45, 2.75) is 176 Å². The van der Waals surface area contributed by atoms with Gasteiger partial charge in [-0.05, 0) is 150 Å². The molecule has 2 bridgehead atoms. The molecule has 7 nitrogen and oxygen atoms in total.